The molecule has 3 rings (SSSR count). The van der Waals surface area contributed by atoms with E-state index in [1.807, 2.05) is 12.1 Å². The van der Waals surface area contributed by atoms with Gasteiger partial charge in [0.15, 0.2) is 17.1 Å². The Labute approximate surface area is 176 Å². The molecule has 0 aliphatic rings. The number of nitrogens with zero attached hydrogens (tertiary/aromatic N) is 2. The predicted molar refractivity (Wildman–Crippen MR) is 112 cm³/mol. The Bertz CT molecular complexity index is 1110. The van der Waals surface area contributed by atoms with E-state index in [0.29, 0.717) is 33.6 Å². The molecule has 3 aromatic rings. The zero-order chi connectivity index (χ0) is 20.5. The van der Waals surface area contributed by atoms with Crippen LogP contribution >= 0.6 is 27.7 Å². The lowest BCUT2D eigenvalue weighted by atomic mass is 10.2. The van der Waals surface area contributed by atoms with Crippen molar-refractivity contribution in [3.8, 4) is 11.5 Å². The van der Waals surface area contributed by atoms with Crippen molar-refractivity contribution in [2.75, 3.05) is 28.3 Å². The first-order valence-corrected chi connectivity index (χ1v) is 11.3. The Hall–Kier alpha value is -1.75. The van der Waals surface area contributed by atoms with Crippen LogP contribution in [0.15, 0.2) is 49.3 Å². The van der Waals surface area contributed by atoms with Gasteiger partial charge in [-0.15, -0.1) is 0 Å². The van der Waals surface area contributed by atoms with E-state index < -0.39 is 10.0 Å². The van der Waals surface area contributed by atoms with Crippen LogP contribution in [0, 0.1) is 0 Å². The van der Waals surface area contributed by atoms with Gasteiger partial charge in [-0.2, -0.15) is 0 Å². The Kier molecular flexibility index (Phi) is 6.23. The normalized spacial score (nSPS) is 11.9. The number of ether oxygens (including phenoxy) is 2. The van der Waals surface area contributed by atoms with Crippen molar-refractivity contribution >= 4 is 48.8 Å². The number of hydrogen-bond donors (Lipinski definition) is 0. The summed E-state index contributed by atoms with van der Waals surface area (Å²) in [5.74, 6) is 1.85. The molecular formula is C18H19BrN2O5S2. The number of hydrogen-bond acceptors (Lipinski definition) is 7. The first kappa shape index (κ1) is 21.0. The van der Waals surface area contributed by atoms with Crippen molar-refractivity contribution in [1.82, 2.24) is 9.29 Å². The number of sulfonamides is 1. The minimum Gasteiger partial charge on any atom is -0.493 e. The highest BCUT2D eigenvalue weighted by Crippen LogP contribution is 2.36. The average molecular weight is 487 g/mol. The van der Waals surface area contributed by atoms with Crippen molar-refractivity contribution in [2.45, 2.75) is 15.9 Å². The van der Waals surface area contributed by atoms with Gasteiger partial charge in [-0.25, -0.2) is 17.7 Å². The number of benzene rings is 2. The molecule has 0 spiro atoms. The van der Waals surface area contributed by atoms with Crippen molar-refractivity contribution in [2.24, 2.45) is 0 Å². The summed E-state index contributed by atoms with van der Waals surface area (Å²) in [4.78, 5) is 4.59. The fraction of sp³-hybridized carbons (Fsp3) is 0.278. The Morgan fingerprint density at radius 3 is 2.46 bits per heavy atom. The van der Waals surface area contributed by atoms with Crippen LogP contribution in [-0.4, -0.2) is 46.0 Å². The van der Waals surface area contributed by atoms with Crippen LogP contribution in [0.5, 0.6) is 11.5 Å². The lowest BCUT2D eigenvalue weighted by Gasteiger charge is -2.11. The lowest BCUT2D eigenvalue weighted by Crippen LogP contribution is -2.22. The van der Waals surface area contributed by atoms with Crippen molar-refractivity contribution < 1.29 is 22.3 Å². The molecule has 0 saturated heterocycles. The highest BCUT2D eigenvalue weighted by atomic mass is 79.9. The zero-order valence-electron chi connectivity index (χ0n) is 15.7. The number of rotatable bonds is 7. The molecule has 0 N–H and O–H groups in total. The second-order valence-electron chi connectivity index (χ2n) is 5.98. The number of aromatic nitrogens is 1. The molecule has 0 amide bonds. The molecule has 0 unspecified atom stereocenters. The van der Waals surface area contributed by atoms with E-state index in [0.717, 1.165) is 10.0 Å². The first-order chi connectivity index (χ1) is 13.3. The Morgan fingerprint density at radius 2 is 1.82 bits per heavy atom. The number of thioether (sulfide) groups is 1. The van der Waals surface area contributed by atoms with Crippen LogP contribution in [0.1, 0.15) is 5.56 Å². The topological polar surface area (TPSA) is 81.9 Å². The smallest absolute Gasteiger partial charge is 0.257 e. The molecule has 0 radical (unpaired) electrons. The number of methoxy groups -OCH3 is 2. The van der Waals surface area contributed by atoms with Gasteiger partial charge in [0.05, 0.1) is 19.1 Å². The van der Waals surface area contributed by atoms with Gasteiger partial charge in [0, 0.05) is 24.3 Å². The highest BCUT2D eigenvalue weighted by Gasteiger charge is 2.19. The fourth-order valence-corrected chi connectivity index (χ4v) is 4.87. The van der Waals surface area contributed by atoms with Gasteiger partial charge in [-0.05, 0) is 35.9 Å². The highest BCUT2D eigenvalue weighted by molar-refractivity contribution is 9.10. The number of halogens is 1. The van der Waals surface area contributed by atoms with Crippen molar-refractivity contribution in [3.63, 3.8) is 0 Å². The molecule has 150 valence electrons. The van der Waals surface area contributed by atoms with Crippen molar-refractivity contribution in [1.29, 1.82) is 0 Å². The zero-order valence-corrected chi connectivity index (χ0v) is 18.9. The quantitative estimate of drug-likeness (QED) is 0.463. The summed E-state index contributed by atoms with van der Waals surface area (Å²) in [6.45, 7) is 0. The van der Waals surface area contributed by atoms with Gasteiger partial charge in [-0.1, -0.05) is 27.7 Å². The molecule has 0 fully saturated rings. The number of fused-ring (bicyclic) bond motifs is 1. The molecular weight excluding hydrogens is 468 g/mol. The first-order valence-electron chi connectivity index (χ1n) is 8.12. The van der Waals surface area contributed by atoms with Crippen LogP contribution in [0.2, 0.25) is 0 Å². The third-order valence-electron chi connectivity index (χ3n) is 4.02. The Morgan fingerprint density at radius 1 is 1.14 bits per heavy atom. The number of oxazole rings is 1. The van der Waals surface area contributed by atoms with Crippen LogP contribution in [0.3, 0.4) is 0 Å². The molecule has 1 heterocycles. The van der Waals surface area contributed by atoms with E-state index in [9.17, 15) is 8.42 Å². The maximum Gasteiger partial charge on any atom is 0.257 e. The Balaban J connectivity index is 1.84. The van der Waals surface area contributed by atoms with Crippen LogP contribution in [-0.2, 0) is 15.8 Å². The van der Waals surface area contributed by atoms with Gasteiger partial charge in [0.2, 0.25) is 10.0 Å². The molecule has 1 aromatic heterocycles. The van der Waals surface area contributed by atoms with Gasteiger partial charge in [-0.3, -0.25) is 0 Å². The van der Waals surface area contributed by atoms with E-state index in [1.54, 1.807) is 20.3 Å². The van der Waals surface area contributed by atoms with E-state index in [2.05, 4.69) is 20.9 Å². The second-order valence-corrected chi connectivity index (χ2v) is 9.92. The molecule has 2 aromatic carbocycles. The largest absolute Gasteiger partial charge is 0.493 e. The molecule has 0 aliphatic heterocycles. The van der Waals surface area contributed by atoms with Gasteiger partial charge < -0.3 is 13.9 Å². The van der Waals surface area contributed by atoms with Crippen LogP contribution in [0.4, 0.5) is 0 Å². The summed E-state index contributed by atoms with van der Waals surface area (Å²) in [5, 5.41) is 0.455. The fourth-order valence-electron chi connectivity index (χ4n) is 2.47. The van der Waals surface area contributed by atoms with Crippen LogP contribution in [0.25, 0.3) is 11.1 Å². The van der Waals surface area contributed by atoms with Gasteiger partial charge in [0.1, 0.15) is 5.52 Å². The van der Waals surface area contributed by atoms with Gasteiger partial charge in [0.25, 0.3) is 5.22 Å². The second kappa shape index (κ2) is 8.32. The molecule has 7 nitrogen and oxygen atoms in total. The summed E-state index contributed by atoms with van der Waals surface area (Å²) in [5.41, 5.74) is 2.02. The van der Waals surface area contributed by atoms with Gasteiger partial charge >= 0.3 is 0 Å². The average Bonchev–Trinajstić information content (AvgIpc) is 3.08. The van der Waals surface area contributed by atoms with E-state index in [4.69, 9.17) is 13.9 Å². The minimum atomic E-state index is -3.52. The molecule has 10 heteroatoms. The lowest BCUT2D eigenvalue weighted by molar-refractivity contribution is 0.354. The van der Waals surface area contributed by atoms with E-state index >= 15 is 0 Å². The minimum absolute atomic E-state index is 0.178. The van der Waals surface area contributed by atoms with Crippen LogP contribution < -0.4 is 9.47 Å². The van der Waals surface area contributed by atoms with E-state index in [1.165, 1.54) is 42.3 Å². The SMILES string of the molecule is COc1cc(Br)c(CSc2nc3cc(S(=O)(=O)N(C)C)ccc3o2)cc1OC. The van der Waals surface area contributed by atoms with Crippen molar-refractivity contribution in [3.05, 3.63) is 40.4 Å². The third-order valence-corrected chi connectivity index (χ3v) is 7.45. The standard InChI is InChI=1S/C18H19BrN2O5S2/c1-21(2)28(22,23)12-5-6-15-14(8-12)20-18(26-15)27-10-11-7-16(24-3)17(25-4)9-13(11)19/h5-9H,10H2,1-4H3. The maximum absolute atomic E-state index is 12.3. The monoisotopic (exact) mass is 486 g/mol. The summed E-state index contributed by atoms with van der Waals surface area (Å²) >= 11 is 4.93. The molecule has 0 saturated carbocycles. The third kappa shape index (κ3) is 4.14. The molecule has 0 bridgehead atoms. The molecule has 0 atom stereocenters. The summed E-state index contributed by atoms with van der Waals surface area (Å²) < 4.78 is 43.0. The van der Waals surface area contributed by atoms with E-state index in [-0.39, 0.29) is 4.90 Å². The summed E-state index contributed by atoms with van der Waals surface area (Å²) in [6, 6.07) is 8.39. The molecule has 28 heavy (non-hydrogen) atoms. The summed E-state index contributed by atoms with van der Waals surface area (Å²) in [7, 11) is 2.63. The predicted octanol–water partition coefficient (Wildman–Crippen LogP) is 4.15. The maximum atomic E-state index is 12.3. The molecule has 0 aliphatic carbocycles. The summed E-state index contributed by atoms with van der Waals surface area (Å²) in [6.07, 6.45) is 0.